The van der Waals surface area contributed by atoms with E-state index in [0.29, 0.717) is 0 Å². The summed E-state index contributed by atoms with van der Waals surface area (Å²) in [5.74, 6) is 1.10. The molecule has 0 aromatic carbocycles. The van der Waals surface area contributed by atoms with Gasteiger partial charge in [-0.05, 0) is 36.1 Å². The maximum atomic E-state index is 4.60. The Bertz CT molecular complexity index is 467. The second-order valence-corrected chi connectivity index (χ2v) is 4.97. The Labute approximate surface area is 108 Å². The summed E-state index contributed by atoms with van der Waals surface area (Å²) in [6.07, 6.45) is 6.39. The van der Waals surface area contributed by atoms with E-state index >= 15 is 0 Å². The SMILES string of the molecule is C=C1C=C(c2ccc(N3CCNCC3)nc2)CC1. The van der Waals surface area contributed by atoms with Gasteiger partial charge in [-0.1, -0.05) is 18.2 Å². The third-order valence-corrected chi connectivity index (χ3v) is 3.65. The zero-order valence-electron chi connectivity index (χ0n) is 10.7. The Hall–Kier alpha value is -1.61. The van der Waals surface area contributed by atoms with Crippen molar-refractivity contribution in [3.8, 4) is 0 Å². The van der Waals surface area contributed by atoms with Gasteiger partial charge in [0.05, 0.1) is 0 Å². The van der Waals surface area contributed by atoms with Crippen molar-refractivity contribution >= 4 is 11.4 Å². The number of aromatic nitrogens is 1. The molecule has 0 atom stereocenters. The number of hydrogen-bond acceptors (Lipinski definition) is 3. The van der Waals surface area contributed by atoms with Crippen LogP contribution in [-0.2, 0) is 0 Å². The highest BCUT2D eigenvalue weighted by atomic mass is 15.2. The predicted octanol–water partition coefficient (Wildman–Crippen LogP) is 2.22. The van der Waals surface area contributed by atoms with E-state index in [1.54, 1.807) is 0 Å². The van der Waals surface area contributed by atoms with E-state index in [1.807, 2.05) is 6.20 Å². The van der Waals surface area contributed by atoms with Crippen LogP contribution < -0.4 is 10.2 Å². The van der Waals surface area contributed by atoms with Crippen molar-refractivity contribution in [1.82, 2.24) is 10.3 Å². The molecule has 94 valence electrons. The van der Waals surface area contributed by atoms with Gasteiger partial charge in [-0.25, -0.2) is 4.98 Å². The van der Waals surface area contributed by atoms with Gasteiger partial charge in [0, 0.05) is 32.4 Å². The Morgan fingerprint density at radius 3 is 2.61 bits per heavy atom. The average molecular weight is 241 g/mol. The van der Waals surface area contributed by atoms with Gasteiger partial charge >= 0.3 is 0 Å². The molecule has 1 saturated heterocycles. The summed E-state index contributed by atoms with van der Waals surface area (Å²) in [4.78, 5) is 6.94. The molecular weight excluding hydrogens is 222 g/mol. The van der Waals surface area contributed by atoms with Gasteiger partial charge in [0.2, 0.25) is 0 Å². The predicted molar refractivity (Wildman–Crippen MR) is 75.7 cm³/mol. The van der Waals surface area contributed by atoms with Crippen molar-refractivity contribution in [3.63, 3.8) is 0 Å². The fraction of sp³-hybridized carbons (Fsp3) is 0.400. The Morgan fingerprint density at radius 1 is 1.17 bits per heavy atom. The number of nitrogens with one attached hydrogen (secondary N) is 1. The zero-order chi connectivity index (χ0) is 12.4. The molecule has 3 nitrogen and oxygen atoms in total. The standard InChI is InChI=1S/C15H19N3/c1-12-2-3-13(10-12)14-4-5-15(17-11-14)18-8-6-16-7-9-18/h4-5,10-11,16H,1-3,6-9H2. The van der Waals surface area contributed by atoms with Crippen LogP contribution in [0.4, 0.5) is 5.82 Å². The van der Waals surface area contributed by atoms with Gasteiger partial charge < -0.3 is 10.2 Å². The van der Waals surface area contributed by atoms with E-state index in [9.17, 15) is 0 Å². The lowest BCUT2D eigenvalue weighted by Gasteiger charge is -2.28. The molecule has 18 heavy (non-hydrogen) atoms. The molecule has 0 spiro atoms. The van der Waals surface area contributed by atoms with Crippen molar-refractivity contribution in [3.05, 3.63) is 42.1 Å². The van der Waals surface area contributed by atoms with Gasteiger partial charge in [0.1, 0.15) is 5.82 Å². The average Bonchev–Trinajstić information content (AvgIpc) is 2.87. The third kappa shape index (κ3) is 2.31. The molecule has 2 aliphatic rings. The van der Waals surface area contributed by atoms with E-state index in [-0.39, 0.29) is 0 Å². The first-order chi connectivity index (χ1) is 8.83. The van der Waals surface area contributed by atoms with Crippen LogP contribution in [-0.4, -0.2) is 31.2 Å². The minimum Gasteiger partial charge on any atom is -0.354 e. The number of piperazine rings is 1. The molecule has 1 aromatic heterocycles. The van der Waals surface area contributed by atoms with E-state index < -0.39 is 0 Å². The number of pyridine rings is 1. The fourth-order valence-corrected chi connectivity index (χ4v) is 2.57. The molecule has 2 heterocycles. The fourth-order valence-electron chi connectivity index (χ4n) is 2.57. The first-order valence-electron chi connectivity index (χ1n) is 6.63. The Balaban J connectivity index is 1.76. The van der Waals surface area contributed by atoms with Gasteiger partial charge in [-0.15, -0.1) is 0 Å². The molecule has 0 saturated carbocycles. The molecule has 1 aromatic rings. The molecular formula is C15H19N3. The summed E-state index contributed by atoms with van der Waals surface area (Å²) >= 11 is 0. The number of nitrogens with zero attached hydrogens (tertiary/aromatic N) is 2. The first-order valence-corrected chi connectivity index (χ1v) is 6.63. The molecule has 3 heteroatoms. The molecule has 0 unspecified atom stereocenters. The van der Waals surface area contributed by atoms with Crippen molar-refractivity contribution in [2.24, 2.45) is 0 Å². The second kappa shape index (κ2) is 4.94. The maximum absolute atomic E-state index is 4.60. The normalized spacial score (nSPS) is 20.1. The van der Waals surface area contributed by atoms with Crippen LogP contribution in [0.15, 0.2) is 36.6 Å². The highest BCUT2D eigenvalue weighted by Gasteiger charge is 2.13. The first kappa shape index (κ1) is 11.5. The molecule has 0 bridgehead atoms. The van der Waals surface area contributed by atoms with Crippen molar-refractivity contribution in [1.29, 1.82) is 0 Å². The monoisotopic (exact) mass is 241 g/mol. The lowest BCUT2D eigenvalue weighted by Crippen LogP contribution is -2.43. The molecule has 0 amide bonds. The van der Waals surface area contributed by atoms with Crippen molar-refractivity contribution in [2.45, 2.75) is 12.8 Å². The Kier molecular flexibility index (Phi) is 3.15. The zero-order valence-corrected chi connectivity index (χ0v) is 10.7. The number of rotatable bonds is 2. The van der Waals surface area contributed by atoms with Gasteiger partial charge in [-0.3, -0.25) is 0 Å². The van der Waals surface area contributed by atoms with Gasteiger partial charge in [0.25, 0.3) is 0 Å². The van der Waals surface area contributed by atoms with Crippen LogP contribution in [0.25, 0.3) is 5.57 Å². The van der Waals surface area contributed by atoms with Gasteiger partial charge in [0.15, 0.2) is 0 Å². The second-order valence-electron chi connectivity index (χ2n) is 4.97. The number of anilines is 1. The summed E-state index contributed by atoms with van der Waals surface area (Å²) in [6, 6.07) is 4.33. The maximum Gasteiger partial charge on any atom is 0.128 e. The number of allylic oxidation sites excluding steroid dienone is 3. The van der Waals surface area contributed by atoms with Crippen molar-refractivity contribution < 1.29 is 0 Å². The minimum atomic E-state index is 1.05. The molecule has 0 radical (unpaired) electrons. The van der Waals surface area contributed by atoms with E-state index in [0.717, 1.165) is 44.8 Å². The summed E-state index contributed by atoms with van der Waals surface area (Å²) in [5.41, 5.74) is 3.85. The lowest BCUT2D eigenvalue weighted by molar-refractivity contribution is 0.585. The topological polar surface area (TPSA) is 28.2 Å². The van der Waals surface area contributed by atoms with Crippen molar-refractivity contribution in [2.75, 3.05) is 31.1 Å². The van der Waals surface area contributed by atoms with Crippen LogP contribution in [0.3, 0.4) is 0 Å². The van der Waals surface area contributed by atoms with Crippen LogP contribution in [0.1, 0.15) is 18.4 Å². The van der Waals surface area contributed by atoms with Gasteiger partial charge in [-0.2, -0.15) is 0 Å². The largest absolute Gasteiger partial charge is 0.354 e. The smallest absolute Gasteiger partial charge is 0.128 e. The third-order valence-electron chi connectivity index (χ3n) is 3.65. The molecule has 1 aliphatic carbocycles. The minimum absolute atomic E-state index is 1.05. The number of hydrogen-bond donors (Lipinski definition) is 1. The van der Waals surface area contributed by atoms with Crippen LogP contribution in [0.5, 0.6) is 0 Å². The molecule has 1 aliphatic heterocycles. The Morgan fingerprint density at radius 2 is 2.00 bits per heavy atom. The molecule has 1 fully saturated rings. The summed E-state index contributed by atoms with van der Waals surface area (Å²) in [7, 11) is 0. The molecule has 3 rings (SSSR count). The quantitative estimate of drug-likeness (QED) is 0.860. The highest BCUT2D eigenvalue weighted by molar-refractivity contribution is 5.71. The van der Waals surface area contributed by atoms with Crippen LogP contribution in [0, 0.1) is 0 Å². The summed E-state index contributed by atoms with van der Waals surface area (Å²) in [6.45, 7) is 8.20. The molecule has 1 N–H and O–H groups in total. The summed E-state index contributed by atoms with van der Waals surface area (Å²) in [5, 5.41) is 3.36. The van der Waals surface area contributed by atoms with Crippen LogP contribution in [0.2, 0.25) is 0 Å². The highest BCUT2D eigenvalue weighted by Crippen LogP contribution is 2.30. The van der Waals surface area contributed by atoms with E-state index in [2.05, 4.69) is 40.0 Å². The van der Waals surface area contributed by atoms with Crippen LogP contribution >= 0.6 is 0 Å². The van der Waals surface area contributed by atoms with E-state index in [1.165, 1.54) is 16.7 Å². The van der Waals surface area contributed by atoms with E-state index in [4.69, 9.17) is 0 Å². The lowest BCUT2D eigenvalue weighted by atomic mass is 10.1. The summed E-state index contributed by atoms with van der Waals surface area (Å²) < 4.78 is 0.